The summed E-state index contributed by atoms with van der Waals surface area (Å²) in [4.78, 5) is 26.3. The van der Waals surface area contributed by atoms with Gasteiger partial charge < -0.3 is 15.2 Å². The molecule has 1 saturated heterocycles. The van der Waals surface area contributed by atoms with Gasteiger partial charge in [0, 0.05) is 13.1 Å². The molecule has 3 amide bonds. The first kappa shape index (κ1) is 20.8. The average molecular weight is 397 g/mol. The summed E-state index contributed by atoms with van der Waals surface area (Å²) in [5, 5.41) is 15.9. The van der Waals surface area contributed by atoms with Gasteiger partial charge in [-0.2, -0.15) is 0 Å². The predicted molar refractivity (Wildman–Crippen MR) is 111 cm³/mol. The van der Waals surface area contributed by atoms with E-state index in [4.69, 9.17) is 4.74 Å². The number of hydrogen-bond acceptors (Lipinski definition) is 5. The number of carbonyl (C=O) groups excluding carboxylic acids is 2. The number of para-hydroxylation sites is 2. The normalized spacial score (nSPS) is 16.1. The SMILES string of the molecule is CCOc1ccccc1NC(=O)NC(=O)CN1CCC(O)(c2ccccc2)CC1. The number of likely N-dealkylation sites (tertiary alicyclic amines) is 1. The first-order valence-corrected chi connectivity index (χ1v) is 9.83. The van der Waals surface area contributed by atoms with E-state index in [0.717, 1.165) is 5.56 Å². The first-order valence-electron chi connectivity index (χ1n) is 9.83. The molecule has 3 rings (SSSR count). The molecule has 1 fully saturated rings. The number of aliphatic hydroxyl groups is 1. The molecule has 0 unspecified atom stereocenters. The van der Waals surface area contributed by atoms with Crippen molar-refractivity contribution in [3.05, 3.63) is 60.2 Å². The number of anilines is 1. The minimum absolute atomic E-state index is 0.103. The van der Waals surface area contributed by atoms with Gasteiger partial charge in [-0.3, -0.25) is 15.0 Å². The molecule has 3 N–H and O–H groups in total. The van der Waals surface area contributed by atoms with E-state index in [9.17, 15) is 14.7 Å². The van der Waals surface area contributed by atoms with Crippen molar-refractivity contribution < 1.29 is 19.4 Å². The molecule has 0 bridgehead atoms. The van der Waals surface area contributed by atoms with E-state index in [1.165, 1.54) is 0 Å². The Morgan fingerprint density at radius 2 is 1.72 bits per heavy atom. The highest BCUT2D eigenvalue weighted by atomic mass is 16.5. The Balaban J connectivity index is 1.47. The van der Waals surface area contributed by atoms with E-state index >= 15 is 0 Å². The van der Waals surface area contributed by atoms with Crippen LogP contribution in [0, 0.1) is 0 Å². The van der Waals surface area contributed by atoms with E-state index in [1.807, 2.05) is 48.2 Å². The van der Waals surface area contributed by atoms with Gasteiger partial charge in [0.25, 0.3) is 0 Å². The fraction of sp³-hybridized carbons (Fsp3) is 0.364. The van der Waals surface area contributed by atoms with Crippen LogP contribution in [0.3, 0.4) is 0 Å². The number of ether oxygens (including phenoxy) is 1. The summed E-state index contributed by atoms with van der Waals surface area (Å²) >= 11 is 0. The number of piperidine rings is 1. The zero-order valence-corrected chi connectivity index (χ0v) is 16.6. The van der Waals surface area contributed by atoms with Crippen molar-refractivity contribution in [2.75, 3.05) is 31.6 Å². The maximum absolute atomic E-state index is 12.2. The van der Waals surface area contributed by atoms with Crippen LogP contribution >= 0.6 is 0 Å². The van der Waals surface area contributed by atoms with Crippen LogP contribution in [0.1, 0.15) is 25.3 Å². The van der Waals surface area contributed by atoms with Gasteiger partial charge in [-0.25, -0.2) is 4.79 Å². The molecular formula is C22H27N3O4. The molecule has 29 heavy (non-hydrogen) atoms. The van der Waals surface area contributed by atoms with Gasteiger partial charge in [-0.15, -0.1) is 0 Å². The van der Waals surface area contributed by atoms with E-state index in [0.29, 0.717) is 44.0 Å². The Kier molecular flexibility index (Phi) is 6.85. The molecule has 1 aliphatic heterocycles. The lowest BCUT2D eigenvalue weighted by Gasteiger charge is -2.38. The summed E-state index contributed by atoms with van der Waals surface area (Å²) in [6, 6.07) is 16.1. The third-order valence-corrected chi connectivity index (χ3v) is 5.05. The number of benzene rings is 2. The summed E-state index contributed by atoms with van der Waals surface area (Å²) in [6.45, 7) is 3.59. The summed E-state index contributed by atoms with van der Waals surface area (Å²) in [5.74, 6) is 0.162. The van der Waals surface area contributed by atoms with Gasteiger partial charge >= 0.3 is 6.03 Å². The third kappa shape index (κ3) is 5.56. The maximum atomic E-state index is 12.2. The number of amides is 3. The van der Waals surface area contributed by atoms with Crippen LogP contribution in [-0.4, -0.2) is 48.2 Å². The quantitative estimate of drug-likeness (QED) is 0.697. The van der Waals surface area contributed by atoms with Gasteiger partial charge in [0.15, 0.2) is 0 Å². The van der Waals surface area contributed by atoms with E-state index < -0.39 is 11.6 Å². The predicted octanol–water partition coefficient (Wildman–Crippen LogP) is 2.72. The highest BCUT2D eigenvalue weighted by Gasteiger charge is 2.34. The number of hydrogen-bond donors (Lipinski definition) is 3. The van der Waals surface area contributed by atoms with Crippen molar-refractivity contribution in [2.45, 2.75) is 25.4 Å². The summed E-state index contributed by atoms with van der Waals surface area (Å²) in [5.41, 5.74) is 0.538. The fourth-order valence-electron chi connectivity index (χ4n) is 3.49. The molecule has 0 radical (unpaired) electrons. The highest BCUT2D eigenvalue weighted by Crippen LogP contribution is 2.32. The molecule has 0 aromatic heterocycles. The van der Waals surface area contributed by atoms with Crippen molar-refractivity contribution in [2.24, 2.45) is 0 Å². The monoisotopic (exact) mass is 397 g/mol. The van der Waals surface area contributed by atoms with Crippen LogP contribution in [0.25, 0.3) is 0 Å². The smallest absolute Gasteiger partial charge is 0.326 e. The molecule has 2 aromatic carbocycles. The average Bonchev–Trinajstić information content (AvgIpc) is 2.72. The second-order valence-corrected chi connectivity index (χ2v) is 7.11. The molecule has 7 nitrogen and oxygen atoms in total. The van der Waals surface area contributed by atoms with E-state index in [2.05, 4.69) is 10.6 Å². The molecule has 0 spiro atoms. The largest absolute Gasteiger partial charge is 0.492 e. The molecule has 1 aliphatic rings. The van der Waals surface area contributed by atoms with Crippen LogP contribution in [0.2, 0.25) is 0 Å². The topological polar surface area (TPSA) is 90.9 Å². The molecule has 0 atom stereocenters. The molecule has 0 saturated carbocycles. The van der Waals surface area contributed by atoms with Crippen LogP contribution in [-0.2, 0) is 10.4 Å². The number of rotatable bonds is 6. The second-order valence-electron chi connectivity index (χ2n) is 7.11. The number of nitrogens with one attached hydrogen (secondary N) is 2. The fourth-order valence-corrected chi connectivity index (χ4v) is 3.49. The molecule has 0 aliphatic carbocycles. The molecule has 7 heteroatoms. The minimum atomic E-state index is -0.866. The minimum Gasteiger partial charge on any atom is -0.492 e. The molecule has 2 aromatic rings. The van der Waals surface area contributed by atoms with Crippen molar-refractivity contribution in [1.82, 2.24) is 10.2 Å². The van der Waals surface area contributed by atoms with Gasteiger partial charge in [0.05, 0.1) is 24.4 Å². The Bertz CT molecular complexity index is 833. The van der Waals surface area contributed by atoms with Crippen LogP contribution in [0.4, 0.5) is 10.5 Å². The van der Waals surface area contributed by atoms with Crippen LogP contribution in [0.5, 0.6) is 5.75 Å². The lowest BCUT2D eigenvalue weighted by atomic mass is 9.84. The van der Waals surface area contributed by atoms with Crippen molar-refractivity contribution in [1.29, 1.82) is 0 Å². The van der Waals surface area contributed by atoms with E-state index in [1.54, 1.807) is 18.2 Å². The van der Waals surface area contributed by atoms with Gasteiger partial charge in [-0.1, -0.05) is 42.5 Å². The van der Waals surface area contributed by atoms with Crippen molar-refractivity contribution in [3.8, 4) is 5.75 Å². The standard InChI is InChI=1S/C22H27N3O4/c1-2-29-19-11-7-6-10-18(19)23-21(27)24-20(26)16-25-14-12-22(28,13-15-25)17-8-4-3-5-9-17/h3-11,28H,2,12-16H2,1H3,(H2,23,24,26,27). The number of carbonyl (C=O) groups is 2. The van der Waals surface area contributed by atoms with Crippen LogP contribution < -0.4 is 15.4 Å². The second kappa shape index (κ2) is 9.54. The maximum Gasteiger partial charge on any atom is 0.326 e. The van der Waals surface area contributed by atoms with Gasteiger partial charge in [0.2, 0.25) is 5.91 Å². The number of urea groups is 1. The highest BCUT2D eigenvalue weighted by molar-refractivity contribution is 6.02. The Labute approximate surface area is 170 Å². The Hall–Kier alpha value is -2.90. The van der Waals surface area contributed by atoms with Crippen molar-refractivity contribution in [3.63, 3.8) is 0 Å². The molecular weight excluding hydrogens is 370 g/mol. The lowest BCUT2D eigenvalue weighted by Crippen LogP contribution is -2.47. The lowest BCUT2D eigenvalue weighted by molar-refractivity contribution is -0.122. The zero-order valence-electron chi connectivity index (χ0n) is 16.6. The molecule has 154 valence electrons. The van der Waals surface area contributed by atoms with Crippen molar-refractivity contribution >= 4 is 17.6 Å². The van der Waals surface area contributed by atoms with Gasteiger partial charge in [0.1, 0.15) is 5.75 Å². The van der Waals surface area contributed by atoms with Gasteiger partial charge in [-0.05, 0) is 37.5 Å². The summed E-state index contributed by atoms with van der Waals surface area (Å²) in [7, 11) is 0. The Morgan fingerprint density at radius 3 is 2.41 bits per heavy atom. The molecule has 1 heterocycles. The zero-order chi connectivity index (χ0) is 20.7. The summed E-state index contributed by atoms with van der Waals surface area (Å²) in [6.07, 6.45) is 1.08. The number of imide groups is 1. The third-order valence-electron chi connectivity index (χ3n) is 5.05. The van der Waals surface area contributed by atoms with Crippen LogP contribution in [0.15, 0.2) is 54.6 Å². The van der Waals surface area contributed by atoms with E-state index in [-0.39, 0.29) is 12.5 Å². The summed E-state index contributed by atoms with van der Waals surface area (Å²) < 4.78 is 5.46. The number of nitrogens with zero attached hydrogens (tertiary/aromatic N) is 1. The first-order chi connectivity index (χ1) is 14.0. The Morgan fingerprint density at radius 1 is 1.07 bits per heavy atom.